The number of pyridine rings is 1. The van der Waals surface area contributed by atoms with E-state index in [0.717, 1.165) is 19.3 Å². The molecule has 1 N–H and O–H groups in total. The number of rotatable bonds is 6. The minimum absolute atomic E-state index is 0.0101. The molecular weight excluding hydrogens is 576 g/mol. The number of sulfonamides is 1. The number of carbonyl (C=O) groups excluding carboxylic acids is 1. The van der Waals surface area contributed by atoms with Crippen LogP contribution in [0.1, 0.15) is 75.9 Å². The Morgan fingerprint density at radius 2 is 1.98 bits per heavy atom. The second kappa shape index (κ2) is 9.40. The number of aromatic nitrogens is 4. The Kier molecular flexibility index (Phi) is 6.40. The molecule has 1 saturated heterocycles. The number of nitrogens with zero attached hydrogens (tertiary/aromatic N) is 6. The van der Waals surface area contributed by atoms with Gasteiger partial charge in [-0.15, -0.1) is 10.2 Å². The lowest BCUT2D eigenvalue weighted by Crippen LogP contribution is -2.58. The van der Waals surface area contributed by atoms with Gasteiger partial charge in [0.05, 0.1) is 22.2 Å². The zero-order valence-electron chi connectivity index (χ0n) is 22.7. The molecule has 3 aliphatic rings. The predicted molar refractivity (Wildman–Crippen MR) is 144 cm³/mol. The summed E-state index contributed by atoms with van der Waals surface area (Å²) in [5, 5.41) is 16.6. The second-order valence-electron chi connectivity index (χ2n) is 12.3. The lowest BCUT2D eigenvalue weighted by molar-refractivity contribution is -0.0323. The Labute approximate surface area is 239 Å². The Balaban J connectivity index is 1.32. The summed E-state index contributed by atoms with van der Waals surface area (Å²) >= 11 is 0.703. The smallest absolute Gasteiger partial charge is 0.410 e. The van der Waals surface area contributed by atoms with Crippen molar-refractivity contribution in [3.63, 3.8) is 0 Å². The molecule has 4 heterocycles. The first kappa shape index (κ1) is 27.9. The predicted octanol–water partition coefficient (Wildman–Crippen LogP) is 4.63. The van der Waals surface area contributed by atoms with Crippen molar-refractivity contribution in [1.29, 1.82) is 5.26 Å². The summed E-state index contributed by atoms with van der Waals surface area (Å²) in [6.07, 6.45) is 1.57. The average Bonchev–Trinajstić information content (AvgIpc) is 3.25. The lowest BCUT2D eigenvalue weighted by atomic mass is 9.77. The minimum Gasteiger partial charge on any atom is -0.444 e. The number of alkyl halides is 2. The molecule has 2 aliphatic carbocycles. The molecule has 3 aromatic heterocycles. The summed E-state index contributed by atoms with van der Waals surface area (Å²) in [5.41, 5.74) is -0.384. The van der Waals surface area contributed by atoms with E-state index in [1.165, 1.54) is 12.3 Å². The van der Waals surface area contributed by atoms with Crippen molar-refractivity contribution in [2.45, 2.75) is 81.3 Å². The van der Waals surface area contributed by atoms with Crippen LogP contribution in [0.15, 0.2) is 23.2 Å². The summed E-state index contributed by atoms with van der Waals surface area (Å²) in [6, 6.07) is 5.13. The Morgan fingerprint density at radius 1 is 1.24 bits per heavy atom. The van der Waals surface area contributed by atoms with Gasteiger partial charge in [-0.1, -0.05) is 11.3 Å². The van der Waals surface area contributed by atoms with Crippen molar-refractivity contribution >= 4 is 33.0 Å². The van der Waals surface area contributed by atoms with Crippen LogP contribution in [0.25, 0.3) is 16.3 Å². The highest BCUT2D eigenvalue weighted by Gasteiger charge is 2.51. The molecule has 3 fully saturated rings. The van der Waals surface area contributed by atoms with Gasteiger partial charge >= 0.3 is 6.09 Å². The summed E-state index contributed by atoms with van der Waals surface area (Å²) in [7, 11) is -4.04. The number of carbonyl (C=O) groups is 1. The maximum absolute atomic E-state index is 13.3. The van der Waals surface area contributed by atoms with Gasteiger partial charge in [0, 0.05) is 30.6 Å². The van der Waals surface area contributed by atoms with E-state index >= 15 is 0 Å². The van der Waals surface area contributed by atoms with Crippen molar-refractivity contribution < 1.29 is 26.7 Å². The normalized spacial score (nSPS) is 21.3. The molecule has 1 spiro atoms. The number of halogens is 2. The molecule has 0 bridgehead atoms. The molecule has 0 aromatic carbocycles. The first-order chi connectivity index (χ1) is 19.2. The number of ether oxygens (including phenoxy) is 1. The van der Waals surface area contributed by atoms with Crippen LogP contribution in [-0.2, 0) is 14.8 Å². The standard InChI is InChI=1S/C26H29F2N7O4S2/c1-24(2,3)39-23(36)34-13-25(14-34)7-6-15(10-25)18-17-5-4-16(41(37,38)33-26(12-29)8-9-26)11-35(17)20(30-18)22-32-31-21(40-22)19(27)28/h4-5,11,15,19,33H,6-10,13-14H2,1-3H3. The van der Waals surface area contributed by atoms with Crippen molar-refractivity contribution in [2.24, 2.45) is 5.41 Å². The van der Waals surface area contributed by atoms with E-state index in [1.807, 2.05) is 26.8 Å². The maximum Gasteiger partial charge on any atom is 0.410 e. The van der Waals surface area contributed by atoms with Gasteiger partial charge in [-0.25, -0.2) is 27.0 Å². The Bertz CT molecular complexity index is 1680. The molecule has 41 heavy (non-hydrogen) atoms. The van der Waals surface area contributed by atoms with Gasteiger partial charge in [0.2, 0.25) is 10.0 Å². The van der Waals surface area contributed by atoms with Crippen LogP contribution in [0.5, 0.6) is 0 Å². The Morgan fingerprint density at radius 3 is 2.59 bits per heavy atom. The number of amides is 1. The number of imidazole rings is 1. The van der Waals surface area contributed by atoms with E-state index in [-0.39, 0.29) is 33.2 Å². The quantitative estimate of drug-likeness (QED) is 0.429. The first-order valence-electron chi connectivity index (χ1n) is 13.3. The minimum atomic E-state index is -4.04. The van der Waals surface area contributed by atoms with Gasteiger partial charge in [0.25, 0.3) is 6.43 Å². The number of nitrogens with one attached hydrogen (secondary N) is 1. The largest absolute Gasteiger partial charge is 0.444 e. The third kappa shape index (κ3) is 5.17. The molecule has 11 nitrogen and oxygen atoms in total. The summed E-state index contributed by atoms with van der Waals surface area (Å²) < 4.78 is 62.4. The fourth-order valence-corrected chi connectivity index (χ4v) is 7.80. The monoisotopic (exact) mass is 605 g/mol. The SMILES string of the molecule is CC(C)(C)OC(=O)N1CC2(CCC(c3nc(-c4nnc(C(F)F)s4)n4cc(S(=O)(=O)NC5(C#N)CC5)ccc34)C2)C1. The van der Waals surface area contributed by atoms with Crippen LogP contribution >= 0.6 is 11.3 Å². The van der Waals surface area contributed by atoms with Crippen LogP contribution in [0.4, 0.5) is 13.6 Å². The molecule has 6 rings (SSSR count). The van der Waals surface area contributed by atoms with E-state index in [1.54, 1.807) is 15.4 Å². The highest BCUT2D eigenvalue weighted by atomic mass is 32.2. The maximum atomic E-state index is 13.3. The van der Waals surface area contributed by atoms with Crippen LogP contribution in [0, 0.1) is 16.7 Å². The van der Waals surface area contributed by atoms with Gasteiger partial charge in [-0.05, 0) is 65.0 Å². The molecule has 1 aliphatic heterocycles. The van der Waals surface area contributed by atoms with Crippen LogP contribution < -0.4 is 4.72 Å². The van der Waals surface area contributed by atoms with E-state index in [2.05, 4.69) is 14.9 Å². The third-order valence-corrected chi connectivity index (χ3v) is 10.3. The first-order valence-corrected chi connectivity index (χ1v) is 15.6. The molecule has 15 heteroatoms. The van der Waals surface area contributed by atoms with E-state index in [9.17, 15) is 27.3 Å². The van der Waals surface area contributed by atoms with Crippen molar-refractivity contribution in [1.82, 2.24) is 29.2 Å². The summed E-state index contributed by atoms with van der Waals surface area (Å²) in [5.74, 6) is 0.235. The number of nitriles is 1. The second-order valence-corrected chi connectivity index (χ2v) is 15.0. The zero-order valence-corrected chi connectivity index (χ0v) is 24.4. The number of hydrogen-bond acceptors (Lipinski definition) is 9. The van der Waals surface area contributed by atoms with Gasteiger partial charge in [-0.2, -0.15) is 9.98 Å². The molecule has 1 atom stereocenters. The van der Waals surface area contributed by atoms with Gasteiger partial charge < -0.3 is 9.64 Å². The zero-order chi connectivity index (χ0) is 29.4. The molecule has 1 unspecified atom stereocenters. The highest BCUT2D eigenvalue weighted by molar-refractivity contribution is 7.89. The molecule has 2 saturated carbocycles. The summed E-state index contributed by atoms with van der Waals surface area (Å²) in [6.45, 7) is 6.65. The lowest BCUT2D eigenvalue weighted by Gasteiger charge is -2.48. The fraction of sp³-hybridized carbons (Fsp3) is 0.577. The van der Waals surface area contributed by atoms with Crippen molar-refractivity contribution in [2.75, 3.05) is 13.1 Å². The van der Waals surface area contributed by atoms with Crippen LogP contribution in [0.2, 0.25) is 0 Å². The van der Waals surface area contributed by atoms with Gasteiger partial charge in [-0.3, -0.25) is 4.40 Å². The van der Waals surface area contributed by atoms with Gasteiger partial charge in [0.1, 0.15) is 11.1 Å². The van der Waals surface area contributed by atoms with Crippen LogP contribution in [0.3, 0.4) is 0 Å². The van der Waals surface area contributed by atoms with Crippen molar-refractivity contribution in [3.05, 3.63) is 29.0 Å². The number of hydrogen-bond donors (Lipinski definition) is 1. The fourth-order valence-electron chi connectivity index (χ4n) is 5.74. The van der Waals surface area contributed by atoms with E-state index in [4.69, 9.17) is 9.72 Å². The van der Waals surface area contributed by atoms with Crippen LogP contribution in [-0.4, -0.2) is 63.2 Å². The average molecular weight is 606 g/mol. The molecule has 3 aromatic rings. The van der Waals surface area contributed by atoms with E-state index < -0.39 is 32.6 Å². The molecule has 218 valence electrons. The summed E-state index contributed by atoms with van der Waals surface area (Å²) in [4.78, 5) is 18.9. The highest BCUT2D eigenvalue weighted by Crippen LogP contribution is 2.52. The van der Waals surface area contributed by atoms with Crippen molar-refractivity contribution in [3.8, 4) is 16.9 Å². The Hall–Kier alpha value is -3.22. The molecule has 1 amide bonds. The molecular formula is C26H29F2N7O4S2. The van der Waals surface area contributed by atoms with E-state index in [0.29, 0.717) is 48.5 Å². The topological polar surface area (TPSA) is 143 Å². The number of fused-ring (bicyclic) bond motifs is 1. The third-order valence-electron chi connectivity index (χ3n) is 7.85. The van der Waals surface area contributed by atoms with Gasteiger partial charge in [0.15, 0.2) is 15.8 Å². The molecule has 0 radical (unpaired) electrons. The number of likely N-dealkylation sites (tertiary alicyclic amines) is 1.